The molecule has 162 valence electrons. The van der Waals surface area contributed by atoms with Crippen molar-refractivity contribution in [3.63, 3.8) is 0 Å². The Bertz CT molecular complexity index is 1250. The fourth-order valence-corrected chi connectivity index (χ4v) is 4.03. The summed E-state index contributed by atoms with van der Waals surface area (Å²) in [7, 11) is 1.39. The average molecular weight is 428 g/mol. The van der Waals surface area contributed by atoms with Gasteiger partial charge in [0, 0.05) is 55.4 Å². The maximum Gasteiger partial charge on any atom is 0.331 e. The van der Waals surface area contributed by atoms with E-state index in [9.17, 15) is 4.79 Å². The third-order valence-corrected chi connectivity index (χ3v) is 5.81. The van der Waals surface area contributed by atoms with E-state index in [4.69, 9.17) is 4.42 Å². The number of aromatic nitrogens is 2. The smallest absolute Gasteiger partial charge is 0.331 e. The number of furan rings is 1. The van der Waals surface area contributed by atoms with Gasteiger partial charge in [-0.1, -0.05) is 12.1 Å². The van der Waals surface area contributed by atoms with E-state index >= 15 is 0 Å². The number of benzene rings is 2. The van der Waals surface area contributed by atoms with Gasteiger partial charge in [0.25, 0.3) is 0 Å². The highest BCUT2D eigenvalue weighted by Gasteiger charge is 2.16. The molecule has 1 aliphatic heterocycles. The number of fused-ring (bicyclic) bond motifs is 1. The van der Waals surface area contributed by atoms with Gasteiger partial charge in [0.2, 0.25) is 0 Å². The minimum atomic E-state index is -0.329. The zero-order valence-corrected chi connectivity index (χ0v) is 17.8. The Morgan fingerprint density at radius 2 is 1.88 bits per heavy atom. The van der Waals surface area contributed by atoms with E-state index < -0.39 is 0 Å². The lowest BCUT2D eigenvalue weighted by molar-refractivity contribution is -0.134. The van der Waals surface area contributed by atoms with Crippen LogP contribution in [-0.4, -0.2) is 53.7 Å². The highest BCUT2D eigenvalue weighted by Crippen LogP contribution is 2.27. The number of imidazole rings is 1. The molecule has 0 spiro atoms. The molecule has 0 unspecified atom stereocenters. The van der Waals surface area contributed by atoms with E-state index in [-0.39, 0.29) is 5.97 Å². The van der Waals surface area contributed by atoms with Crippen molar-refractivity contribution in [2.24, 2.45) is 0 Å². The molecule has 4 aromatic rings. The maximum absolute atomic E-state index is 11.3. The number of carbonyl (C=O) groups is 1. The Labute approximate surface area is 186 Å². The molecule has 5 rings (SSSR count). The van der Waals surface area contributed by atoms with Crippen LogP contribution in [0.2, 0.25) is 0 Å². The summed E-state index contributed by atoms with van der Waals surface area (Å²) in [5.74, 6) is -0.329. The number of methoxy groups -OCH3 is 1. The second-order valence-electron chi connectivity index (χ2n) is 7.71. The summed E-state index contributed by atoms with van der Waals surface area (Å²) >= 11 is 0. The van der Waals surface area contributed by atoms with Gasteiger partial charge in [0.05, 0.1) is 30.7 Å². The molecule has 1 saturated heterocycles. The summed E-state index contributed by atoms with van der Waals surface area (Å²) in [6, 6.07) is 16.8. The second-order valence-corrected chi connectivity index (χ2v) is 7.71. The van der Waals surface area contributed by atoms with Crippen molar-refractivity contribution in [2.75, 3.05) is 38.2 Å². The van der Waals surface area contributed by atoms with Crippen molar-refractivity contribution < 1.29 is 13.9 Å². The summed E-state index contributed by atoms with van der Waals surface area (Å²) in [5.41, 5.74) is 6.39. The molecule has 0 amide bonds. The quantitative estimate of drug-likeness (QED) is 0.352. The lowest BCUT2D eigenvalue weighted by Gasteiger charge is -2.35. The Kier molecular flexibility index (Phi) is 5.37. The Morgan fingerprint density at radius 3 is 2.66 bits per heavy atom. The average Bonchev–Trinajstić information content (AvgIpc) is 3.53. The predicted molar refractivity (Wildman–Crippen MR) is 124 cm³/mol. The molecule has 0 N–H and O–H groups in total. The normalized spacial score (nSPS) is 14.4. The van der Waals surface area contributed by atoms with E-state index in [1.807, 2.05) is 18.6 Å². The number of hydrogen-bond donors (Lipinski definition) is 0. The first-order chi connectivity index (χ1) is 15.7. The fourth-order valence-electron chi connectivity index (χ4n) is 4.03. The highest BCUT2D eigenvalue weighted by molar-refractivity contribution is 5.83. The maximum atomic E-state index is 11.3. The van der Waals surface area contributed by atoms with Crippen LogP contribution in [0.15, 0.2) is 84.1 Å². The van der Waals surface area contributed by atoms with Crippen LogP contribution in [0.25, 0.3) is 27.8 Å². The van der Waals surface area contributed by atoms with Crippen LogP contribution in [0.1, 0.15) is 0 Å². The lowest BCUT2D eigenvalue weighted by atomic mass is 10.1. The van der Waals surface area contributed by atoms with Crippen LogP contribution in [0, 0.1) is 0 Å². The van der Waals surface area contributed by atoms with Gasteiger partial charge in [-0.25, -0.2) is 9.78 Å². The number of nitrogens with zero attached hydrogens (tertiary/aromatic N) is 4. The molecule has 2 aromatic heterocycles. The van der Waals surface area contributed by atoms with Crippen molar-refractivity contribution in [2.45, 2.75) is 0 Å². The van der Waals surface area contributed by atoms with Gasteiger partial charge in [-0.05, 0) is 42.0 Å². The van der Waals surface area contributed by atoms with Gasteiger partial charge in [-0.3, -0.25) is 4.57 Å². The molecular weight excluding hydrogens is 404 g/mol. The molecule has 2 aromatic carbocycles. The number of ether oxygens (including phenoxy) is 1. The van der Waals surface area contributed by atoms with E-state index in [0.717, 1.165) is 54.0 Å². The number of piperazine rings is 1. The predicted octanol–water partition coefficient (Wildman–Crippen LogP) is 4.09. The molecular formula is C25H24N4O3. The van der Waals surface area contributed by atoms with Gasteiger partial charge in [-0.15, -0.1) is 0 Å². The van der Waals surface area contributed by atoms with Crippen molar-refractivity contribution in [1.29, 1.82) is 0 Å². The Morgan fingerprint density at radius 1 is 1.03 bits per heavy atom. The zero-order valence-electron chi connectivity index (χ0n) is 17.8. The second kappa shape index (κ2) is 8.63. The van der Waals surface area contributed by atoms with Gasteiger partial charge in [-0.2, -0.15) is 0 Å². The van der Waals surface area contributed by atoms with Gasteiger partial charge in [0.1, 0.15) is 6.33 Å². The van der Waals surface area contributed by atoms with E-state index in [1.54, 1.807) is 12.5 Å². The molecule has 1 aliphatic rings. The first kappa shape index (κ1) is 19.9. The van der Waals surface area contributed by atoms with Gasteiger partial charge >= 0.3 is 5.97 Å². The van der Waals surface area contributed by atoms with E-state index in [1.165, 1.54) is 18.9 Å². The van der Waals surface area contributed by atoms with Crippen molar-refractivity contribution >= 4 is 22.7 Å². The van der Waals surface area contributed by atoms with E-state index in [0.29, 0.717) is 0 Å². The summed E-state index contributed by atoms with van der Waals surface area (Å²) in [5, 5.41) is 0. The van der Waals surface area contributed by atoms with Gasteiger partial charge in [0.15, 0.2) is 0 Å². The summed E-state index contributed by atoms with van der Waals surface area (Å²) in [6.07, 6.45) is 8.58. The van der Waals surface area contributed by atoms with Crippen molar-refractivity contribution in [1.82, 2.24) is 14.5 Å². The molecule has 7 nitrogen and oxygen atoms in total. The summed E-state index contributed by atoms with van der Waals surface area (Å²) in [4.78, 5) is 20.4. The monoisotopic (exact) mass is 428 g/mol. The molecule has 0 aliphatic carbocycles. The molecule has 3 heterocycles. The van der Waals surface area contributed by atoms with Gasteiger partial charge < -0.3 is 19.0 Å². The fraction of sp³-hybridized carbons (Fsp3) is 0.200. The molecule has 0 saturated carbocycles. The van der Waals surface area contributed by atoms with Crippen LogP contribution < -0.4 is 4.90 Å². The SMILES string of the molecule is COC(=O)/C=C/N1CCN(c2cccc(-n3cnc4cc(-c5ccoc5)ccc43)c2)CC1. The van der Waals surface area contributed by atoms with Crippen molar-refractivity contribution in [3.8, 4) is 16.8 Å². The molecule has 1 fully saturated rings. The van der Waals surface area contributed by atoms with Crippen LogP contribution in [0.3, 0.4) is 0 Å². The van der Waals surface area contributed by atoms with Crippen LogP contribution in [0.5, 0.6) is 0 Å². The Balaban J connectivity index is 1.34. The third-order valence-electron chi connectivity index (χ3n) is 5.81. The molecule has 0 radical (unpaired) electrons. The van der Waals surface area contributed by atoms with Crippen LogP contribution in [-0.2, 0) is 9.53 Å². The number of rotatable bonds is 5. The number of esters is 1. The topological polar surface area (TPSA) is 63.7 Å². The highest BCUT2D eigenvalue weighted by atomic mass is 16.5. The molecule has 32 heavy (non-hydrogen) atoms. The Hall–Kier alpha value is -4.00. The zero-order chi connectivity index (χ0) is 21.9. The molecule has 7 heteroatoms. The first-order valence-corrected chi connectivity index (χ1v) is 10.6. The minimum Gasteiger partial charge on any atom is -0.472 e. The third kappa shape index (κ3) is 3.97. The summed E-state index contributed by atoms with van der Waals surface area (Å²) in [6.45, 7) is 3.46. The summed E-state index contributed by atoms with van der Waals surface area (Å²) < 4.78 is 12.0. The standard InChI is InChI=1S/C25H24N4O3/c1-31-25(30)7-9-27-10-12-28(13-11-27)21-3-2-4-22(16-21)29-18-26-23-15-19(5-6-24(23)29)20-8-14-32-17-20/h2-9,14-18H,10-13H2,1H3/b9-7+. The van der Waals surface area contributed by atoms with Crippen molar-refractivity contribution in [3.05, 3.63) is 79.7 Å². The largest absolute Gasteiger partial charge is 0.472 e. The number of hydrogen-bond acceptors (Lipinski definition) is 6. The first-order valence-electron chi connectivity index (χ1n) is 10.6. The van der Waals surface area contributed by atoms with E-state index in [2.05, 4.69) is 66.6 Å². The lowest BCUT2D eigenvalue weighted by Crippen LogP contribution is -2.44. The van der Waals surface area contributed by atoms with Crippen LogP contribution in [0.4, 0.5) is 5.69 Å². The minimum absolute atomic E-state index is 0.329. The number of carbonyl (C=O) groups excluding carboxylic acids is 1. The molecule has 0 atom stereocenters. The van der Waals surface area contributed by atoms with Crippen LogP contribution >= 0.6 is 0 Å². The number of anilines is 1. The molecule has 0 bridgehead atoms.